The van der Waals surface area contributed by atoms with Crippen LogP contribution < -0.4 is 0 Å². The van der Waals surface area contributed by atoms with Crippen molar-refractivity contribution in [2.24, 2.45) is 0 Å². The van der Waals surface area contributed by atoms with E-state index in [2.05, 4.69) is 24.0 Å². The van der Waals surface area contributed by atoms with Gasteiger partial charge in [0.25, 0.3) is 0 Å². The standard InChI is InChI=1S/C11H15NO/c1-2-10-11(13-10)4-3-9-5-7-12-8-6-9/h5-8,10-11H,2-4H2,1H3. The van der Waals surface area contributed by atoms with Gasteiger partial charge in [-0.3, -0.25) is 4.98 Å². The third kappa shape index (κ3) is 2.28. The second-order valence-corrected chi connectivity index (χ2v) is 3.52. The van der Waals surface area contributed by atoms with Crippen molar-refractivity contribution in [1.29, 1.82) is 0 Å². The van der Waals surface area contributed by atoms with Crippen molar-refractivity contribution in [3.8, 4) is 0 Å². The fourth-order valence-corrected chi connectivity index (χ4v) is 1.65. The number of nitrogens with zero attached hydrogens (tertiary/aromatic N) is 1. The Bertz CT molecular complexity index is 260. The molecule has 2 rings (SSSR count). The van der Waals surface area contributed by atoms with Gasteiger partial charge < -0.3 is 4.74 Å². The van der Waals surface area contributed by atoms with Crippen LogP contribution in [0.5, 0.6) is 0 Å². The zero-order valence-electron chi connectivity index (χ0n) is 7.94. The van der Waals surface area contributed by atoms with E-state index in [0.29, 0.717) is 12.2 Å². The van der Waals surface area contributed by atoms with Crippen molar-refractivity contribution in [2.75, 3.05) is 0 Å². The molecule has 2 unspecified atom stereocenters. The lowest BCUT2D eigenvalue weighted by Crippen LogP contribution is -1.95. The van der Waals surface area contributed by atoms with Gasteiger partial charge in [0.15, 0.2) is 0 Å². The van der Waals surface area contributed by atoms with E-state index >= 15 is 0 Å². The lowest BCUT2D eigenvalue weighted by atomic mass is 10.1. The molecule has 0 spiro atoms. The number of rotatable bonds is 4. The average Bonchev–Trinajstić information content (AvgIpc) is 2.95. The van der Waals surface area contributed by atoms with Crippen LogP contribution in [0.4, 0.5) is 0 Å². The number of aryl methyl sites for hydroxylation is 1. The van der Waals surface area contributed by atoms with Gasteiger partial charge in [0.1, 0.15) is 0 Å². The molecule has 0 saturated carbocycles. The van der Waals surface area contributed by atoms with Crippen LogP contribution in [-0.2, 0) is 11.2 Å². The van der Waals surface area contributed by atoms with Gasteiger partial charge >= 0.3 is 0 Å². The summed E-state index contributed by atoms with van der Waals surface area (Å²) < 4.78 is 5.47. The molecule has 1 aromatic rings. The molecule has 70 valence electrons. The maximum absolute atomic E-state index is 5.47. The fourth-order valence-electron chi connectivity index (χ4n) is 1.65. The normalized spacial score (nSPS) is 25.9. The van der Waals surface area contributed by atoms with E-state index in [0.717, 1.165) is 19.3 Å². The Balaban J connectivity index is 1.75. The highest BCUT2D eigenvalue weighted by molar-refractivity contribution is 5.10. The second kappa shape index (κ2) is 3.88. The molecule has 0 amide bonds. The Hall–Kier alpha value is -0.890. The van der Waals surface area contributed by atoms with Gasteiger partial charge in [-0.1, -0.05) is 6.92 Å². The summed E-state index contributed by atoms with van der Waals surface area (Å²) in [6.45, 7) is 2.18. The van der Waals surface area contributed by atoms with Gasteiger partial charge in [-0.15, -0.1) is 0 Å². The van der Waals surface area contributed by atoms with E-state index in [9.17, 15) is 0 Å². The Morgan fingerprint density at radius 2 is 2.08 bits per heavy atom. The SMILES string of the molecule is CCC1OC1CCc1ccncc1. The second-order valence-electron chi connectivity index (χ2n) is 3.52. The van der Waals surface area contributed by atoms with E-state index in [-0.39, 0.29) is 0 Å². The molecule has 1 aromatic heterocycles. The molecular formula is C11H15NO. The van der Waals surface area contributed by atoms with E-state index < -0.39 is 0 Å². The minimum absolute atomic E-state index is 0.526. The summed E-state index contributed by atoms with van der Waals surface area (Å²) in [5.74, 6) is 0. The third-order valence-corrected chi connectivity index (χ3v) is 2.56. The minimum atomic E-state index is 0.526. The van der Waals surface area contributed by atoms with Crippen molar-refractivity contribution in [1.82, 2.24) is 4.98 Å². The van der Waals surface area contributed by atoms with Crippen molar-refractivity contribution >= 4 is 0 Å². The summed E-state index contributed by atoms with van der Waals surface area (Å²) in [6.07, 6.45) is 8.19. The first-order valence-corrected chi connectivity index (χ1v) is 4.94. The highest BCUT2D eigenvalue weighted by atomic mass is 16.6. The van der Waals surface area contributed by atoms with E-state index in [1.54, 1.807) is 0 Å². The molecular weight excluding hydrogens is 162 g/mol. The van der Waals surface area contributed by atoms with Crippen molar-refractivity contribution in [2.45, 2.75) is 38.4 Å². The minimum Gasteiger partial charge on any atom is -0.370 e. The molecule has 1 aliphatic heterocycles. The van der Waals surface area contributed by atoms with Crippen molar-refractivity contribution < 1.29 is 4.74 Å². The van der Waals surface area contributed by atoms with Crippen LogP contribution in [0.15, 0.2) is 24.5 Å². The van der Waals surface area contributed by atoms with Gasteiger partial charge in [-0.05, 0) is 37.0 Å². The van der Waals surface area contributed by atoms with Gasteiger partial charge in [0.2, 0.25) is 0 Å². The molecule has 13 heavy (non-hydrogen) atoms. The predicted octanol–water partition coefficient (Wildman–Crippen LogP) is 2.19. The van der Waals surface area contributed by atoms with Crippen LogP contribution in [0.25, 0.3) is 0 Å². The molecule has 1 saturated heterocycles. The first-order chi connectivity index (χ1) is 6.40. The maximum atomic E-state index is 5.47. The smallest absolute Gasteiger partial charge is 0.0845 e. The summed E-state index contributed by atoms with van der Waals surface area (Å²) in [5, 5.41) is 0. The highest BCUT2D eigenvalue weighted by Crippen LogP contribution is 2.28. The fraction of sp³-hybridized carbons (Fsp3) is 0.545. The molecule has 2 atom stereocenters. The molecule has 2 heteroatoms. The molecule has 2 nitrogen and oxygen atoms in total. The largest absolute Gasteiger partial charge is 0.370 e. The zero-order valence-corrected chi connectivity index (χ0v) is 7.94. The van der Waals surface area contributed by atoms with Crippen LogP contribution in [0.2, 0.25) is 0 Å². The van der Waals surface area contributed by atoms with E-state index in [1.807, 2.05) is 12.4 Å². The van der Waals surface area contributed by atoms with Crippen molar-refractivity contribution in [3.63, 3.8) is 0 Å². The van der Waals surface area contributed by atoms with Gasteiger partial charge in [0, 0.05) is 12.4 Å². The first-order valence-electron chi connectivity index (χ1n) is 4.94. The Morgan fingerprint density at radius 3 is 2.69 bits per heavy atom. The summed E-state index contributed by atoms with van der Waals surface area (Å²) in [4.78, 5) is 3.99. The van der Waals surface area contributed by atoms with Crippen LogP contribution in [0.1, 0.15) is 25.3 Å². The predicted molar refractivity (Wildman–Crippen MR) is 51.5 cm³/mol. The Kier molecular flexibility index (Phi) is 2.60. The average molecular weight is 177 g/mol. The molecule has 0 aliphatic carbocycles. The number of hydrogen-bond acceptors (Lipinski definition) is 2. The lowest BCUT2D eigenvalue weighted by Gasteiger charge is -1.96. The van der Waals surface area contributed by atoms with E-state index in [4.69, 9.17) is 4.74 Å². The third-order valence-electron chi connectivity index (χ3n) is 2.56. The van der Waals surface area contributed by atoms with E-state index in [1.165, 1.54) is 5.56 Å². The summed E-state index contributed by atoms with van der Waals surface area (Å²) in [5.41, 5.74) is 1.36. The Labute approximate surface area is 78.9 Å². The molecule has 0 N–H and O–H groups in total. The quantitative estimate of drug-likeness (QED) is 0.659. The van der Waals surface area contributed by atoms with Gasteiger partial charge in [-0.25, -0.2) is 0 Å². The monoisotopic (exact) mass is 177 g/mol. The highest BCUT2D eigenvalue weighted by Gasteiger charge is 2.35. The number of hydrogen-bond donors (Lipinski definition) is 0. The number of pyridine rings is 1. The summed E-state index contributed by atoms with van der Waals surface area (Å²) in [6, 6.07) is 4.15. The maximum Gasteiger partial charge on any atom is 0.0845 e. The molecule has 0 radical (unpaired) electrons. The van der Waals surface area contributed by atoms with Crippen LogP contribution in [-0.4, -0.2) is 17.2 Å². The number of aromatic nitrogens is 1. The zero-order chi connectivity index (χ0) is 9.10. The number of epoxide rings is 1. The lowest BCUT2D eigenvalue weighted by molar-refractivity contribution is 0.360. The molecule has 0 aromatic carbocycles. The van der Waals surface area contributed by atoms with Crippen molar-refractivity contribution in [3.05, 3.63) is 30.1 Å². The van der Waals surface area contributed by atoms with Gasteiger partial charge in [0.05, 0.1) is 12.2 Å². The van der Waals surface area contributed by atoms with Crippen LogP contribution in [0, 0.1) is 0 Å². The van der Waals surface area contributed by atoms with Crippen LogP contribution in [0.3, 0.4) is 0 Å². The number of ether oxygens (including phenoxy) is 1. The molecule has 0 bridgehead atoms. The van der Waals surface area contributed by atoms with Crippen LogP contribution >= 0.6 is 0 Å². The topological polar surface area (TPSA) is 25.4 Å². The molecule has 1 fully saturated rings. The van der Waals surface area contributed by atoms with Gasteiger partial charge in [-0.2, -0.15) is 0 Å². The first kappa shape index (κ1) is 8.70. The summed E-state index contributed by atoms with van der Waals surface area (Å²) >= 11 is 0. The molecule has 2 heterocycles. The Morgan fingerprint density at radius 1 is 1.31 bits per heavy atom. The summed E-state index contributed by atoms with van der Waals surface area (Å²) in [7, 11) is 0. The molecule has 1 aliphatic rings.